The molecular weight excluding hydrogens is 266 g/mol. The summed E-state index contributed by atoms with van der Waals surface area (Å²) < 4.78 is 5.40. The number of amides is 1. The first-order valence-corrected chi connectivity index (χ1v) is 6.62. The van der Waals surface area contributed by atoms with Crippen LogP contribution in [0.25, 0.3) is 10.8 Å². The van der Waals surface area contributed by atoms with Crippen molar-refractivity contribution >= 4 is 22.5 Å². The topological polar surface area (TPSA) is 81.2 Å². The van der Waals surface area contributed by atoms with Gasteiger partial charge in [-0.1, -0.05) is 24.3 Å². The molecule has 3 aromatic rings. The second-order valence-corrected chi connectivity index (χ2v) is 4.81. The van der Waals surface area contributed by atoms with Gasteiger partial charge in [-0.15, -0.1) is 0 Å². The maximum absolute atomic E-state index is 12.1. The van der Waals surface area contributed by atoms with E-state index in [-0.39, 0.29) is 5.91 Å². The molecule has 5 nitrogen and oxygen atoms in total. The van der Waals surface area contributed by atoms with E-state index in [0.717, 1.165) is 16.5 Å². The molecule has 2 aromatic heterocycles. The monoisotopic (exact) mass is 281 g/mol. The predicted octanol–water partition coefficient (Wildman–Crippen LogP) is 2.65. The van der Waals surface area contributed by atoms with Crippen LogP contribution in [0.3, 0.4) is 0 Å². The third kappa shape index (κ3) is 2.72. The highest BCUT2D eigenvalue weighted by Crippen LogP contribution is 2.20. The van der Waals surface area contributed by atoms with E-state index in [0.29, 0.717) is 23.8 Å². The second-order valence-electron chi connectivity index (χ2n) is 4.81. The zero-order chi connectivity index (χ0) is 14.8. The molecule has 5 heteroatoms. The van der Waals surface area contributed by atoms with E-state index in [4.69, 9.17) is 10.2 Å². The van der Waals surface area contributed by atoms with E-state index in [2.05, 4.69) is 10.3 Å². The molecular formula is C16H15N3O2. The van der Waals surface area contributed by atoms with Crippen molar-refractivity contribution in [1.29, 1.82) is 0 Å². The van der Waals surface area contributed by atoms with Crippen molar-refractivity contribution in [1.82, 2.24) is 10.3 Å². The lowest BCUT2D eigenvalue weighted by Crippen LogP contribution is -2.23. The second kappa shape index (κ2) is 5.28. The highest BCUT2D eigenvalue weighted by molar-refractivity contribution is 5.99. The number of nitrogens with zero attached hydrogens (tertiary/aromatic N) is 1. The van der Waals surface area contributed by atoms with Gasteiger partial charge in [-0.05, 0) is 30.5 Å². The lowest BCUT2D eigenvalue weighted by Gasteiger charge is -2.06. The van der Waals surface area contributed by atoms with Gasteiger partial charge >= 0.3 is 0 Å². The molecule has 0 saturated carbocycles. The largest absolute Gasteiger partial charge is 0.465 e. The maximum Gasteiger partial charge on any atom is 0.270 e. The van der Waals surface area contributed by atoms with Crippen molar-refractivity contribution in [2.75, 3.05) is 5.73 Å². The molecule has 0 saturated heterocycles. The van der Waals surface area contributed by atoms with Crippen LogP contribution in [0.2, 0.25) is 0 Å². The number of hydrogen-bond acceptors (Lipinski definition) is 4. The van der Waals surface area contributed by atoms with Crippen molar-refractivity contribution in [3.63, 3.8) is 0 Å². The summed E-state index contributed by atoms with van der Waals surface area (Å²) in [5.74, 6) is 1.59. The molecule has 1 aromatic carbocycles. The predicted molar refractivity (Wildman–Crippen MR) is 80.8 cm³/mol. The van der Waals surface area contributed by atoms with E-state index in [1.165, 1.54) is 0 Å². The Morgan fingerprint density at radius 2 is 2.10 bits per heavy atom. The molecule has 0 unspecified atom stereocenters. The van der Waals surface area contributed by atoms with Gasteiger partial charge in [0.1, 0.15) is 23.0 Å². The average Bonchev–Trinajstić information content (AvgIpc) is 2.90. The molecule has 0 radical (unpaired) electrons. The van der Waals surface area contributed by atoms with Crippen molar-refractivity contribution in [3.8, 4) is 0 Å². The van der Waals surface area contributed by atoms with Gasteiger partial charge in [0.2, 0.25) is 0 Å². The van der Waals surface area contributed by atoms with Crippen LogP contribution in [-0.2, 0) is 6.54 Å². The minimum Gasteiger partial charge on any atom is -0.465 e. The van der Waals surface area contributed by atoms with Crippen LogP contribution >= 0.6 is 0 Å². The van der Waals surface area contributed by atoms with E-state index in [9.17, 15) is 4.79 Å². The molecule has 1 amide bonds. The number of rotatable bonds is 3. The first-order chi connectivity index (χ1) is 10.1. The number of aryl methyl sites for hydroxylation is 1. The van der Waals surface area contributed by atoms with E-state index < -0.39 is 0 Å². The first-order valence-electron chi connectivity index (χ1n) is 6.62. The van der Waals surface area contributed by atoms with Crippen LogP contribution in [0, 0.1) is 6.92 Å². The van der Waals surface area contributed by atoms with Gasteiger partial charge in [-0.3, -0.25) is 4.79 Å². The Balaban J connectivity index is 1.81. The molecule has 2 heterocycles. The third-order valence-corrected chi connectivity index (χ3v) is 3.22. The van der Waals surface area contributed by atoms with Crippen molar-refractivity contribution in [2.24, 2.45) is 0 Å². The molecule has 0 aliphatic rings. The summed E-state index contributed by atoms with van der Waals surface area (Å²) in [7, 11) is 0. The van der Waals surface area contributed by atoms with Gasteiger partial charge in [-0.25, -0.2) is 4.98 Å². The van der Waals surface area contributed by atoms with E-state index in [1.807, 2.05) is 43.3 Å². The van der Waals surface area contributed by atoms with Gasteiger partial charge in [0.05, 0.1) is 6.54 Å². The average molecular weight is 281 g/mol. The van der Waals surface area contributed by atoms with Crippen LogP contribution in [0.4, 0.5) is 5.82 Å². The number of nitrogen functional groups attached to an aromatic ring is 1. The maximum atomic E-state index is 12.1. The van der Waals surface area contributed by atoms with Gasteiger partial charge in [0.15, 0.2) is 0 Å². The number of pyridine rings is 1. The minimum atomic E-state index is -0.276. The van der Waals surface area contributed by atoms with Gasteiger partial charge < -0.3 is 15.5 Å². The van der Waals surface area contributed by atoms with E-state index >= 15 is 0 Å². The lowest BCUT2D eigenvalue weighted by molar-refractivity contribution is 0.0943. The summed E-state index contributed by atoms with van der Waals surface area (Å²) in [4.78, 5) is 16.3. The third-order valence-electron chi connectivity index (χ3n) is 3.22. The number of nitrogens with two attached hydrogens (primary N) is 1. The van der Waals surface area contributed by atoms with Crippen molar-refractivity contribution in [2.45, 2.75) is 13.5 Å². The number of carbonyl (C=O) groups is 1. The SMILES string of the molecule is Cc1ccc(CNC(=O)c2cc3ccccc3c(N)n2)o1. The Bertz CT molecular complexity index is 808. The van der Waals surface area contributed by atoms with Crippen molar-refractivity contribution in [3.05, 3.63) is 59.7 Å². The normalized spacial score (nSPS) is 10.7. The summed E-state index contributed by atoms with van der Waals surface area (Å²) in [6.45, 7) is 2.18. The van der Waals surface area contributed by atoms with Gasteiger partial charge in [0, 0.05) is 5.39 Å². The molecule has 3 N–H and O–H groups in total. The van der Waals surface area contributed by atoms with Gasteiger partial charge in [0.25, 0.3) is 5.91 Å². The van der Waals surface area contributed by atoms with Crippen LogP contribution in [-0.4, -0.2) is 10.9 Å². The Kier molecular flexibility index (Phi) is 3.31. The van der Waals surface area contributed by atoms with E-state index in [1.54, 1.807) is 6.07 Å². The molecule has 0 fully saturated rings. The fourth-order valence-electron chi connectivity index (χ4n) is 2.18. The van der Waals surface area contributed by atoms with Crippen LogP contribution in [0.15, 0.2) is 46.9 Å². The van der Waals surface area contributed by atoms with Crippen LogP contribution < -0.4 is 11.1 Å². The minimum absolute atomic E-state index is 0.276. The number of benzene rings is 1. The zero-order valence-electron chi connectivity index (χ0n) is 11.6. The molecule has 3 rings (SSSR count). The number of fused-ring (bicyclic) bond motifs is 1. The number of nitrogens with one attached hydrogen (secondary N) is 1. The Hall–Kier alpha value is -2.82. The highest BCUT2D eigenvalue weighted by atomic mass is 16.3. The first kappa shape index (κ1) is 13.2. The summed E-state index contributed by atoms with van der Waals surface area (Å²) in [6.07, 6.45) is 0. The number of hydrogen-bond donors (Lipinski definition) is 2. The molecule has 0 aliphatic heterocycles. The molecule has 106 valence electrons. The standard InChI is InChI=1S/C16H15N3O2/c1-10-6-7-12(21-10)9-18-16(20)14-8-11-4-2-3-5-13(11)15(17)19-14/h2-8H,9H2,1H3,(H2,17,19)(H,18,20). The quantitative estimate of drug-likeness (QED) is 0.773. The number of carbonyl (C=O) groups excluding carboxylic acids is 1. The summed E-state index contributed by atoms with van der Waals surface area (Å²) in [6, 6.07) is 13.0. The Morgan fingerprint density at radius 3 is 2.86 bits per heavy atom. The molecule has 0 spiro atoms. The summed E-state index contributed by atoms with van der Waals surface area (Å²) >= 11 is 0. The smallest absolute Gasteiger partial charge is 0.270 e. The fourth-order valence-corrected chi connectivity index (χ4v) is 2.18. The van der Waals surface area contributed by atoms with Crippen molar-refractivity contribution < 1.29 is 9.21 Å². The molecule has 21 heavy (non-hydrogen) atoms. The highest BCUT2D eigenvalue weighted by Gasteiger charge is 2.11. The number of aromatic nitrogens is 1. The molecule has 0 aliphatic carbocycles. The molecule has 0 bridgehead atoms. The lowest BCUT2D eigenvalue weighted by atomic mass is 10.1. The van der Waals surface area contributed by atoms with Crippen LogP contribution in [0.5, 0.6) is 0 Å². The summed E-state index contributed by atoms with van der Waals surface area (Å²) in [5.41, 5.74) is 6.20. The number of furan rings is 1. The zero-order valence-corrected chi connectivity index (χ0v) is 11.6. The number of anilines is 1. The molecule has 0 atom stereocenters. The Labute approximate surface area is 121 Å². The summed E-state index contributed by atoms with van der Waals surface area (Å²) in [5, 5.41) is 4.51. The van der Waals surface area contributed by atoms with Crippen LogP contribution in [0.1, 0.15) is 22.0 Å². The fraction of sp³-hybridized carbons (Fsp3) is 0.125. The Morgan fingerprint density at radius 1 is 1.29 bits per heavy atom. The van der Waals surface area contributed by atoms with Gasteiger partial charge in [-0.2, -0.15) is 0 Å².